The zero-order chi connectivity index (χ0) is 23.9. The van der Waals surface area contributed by atoms with E-state index >= 15 is 0 Å². The number of hydrogen-bond donors (Lipinski definition) is 0. The molecule has 0 spiro atoms. The lowest BCUT2D eigenvalue weighted by Crippen LogP contribution is -2.19. The van der Waals surface area contributed by atoms with Gasteiger partial charge >= 0.3 is 12.1 Å². The van der Waals surface area contributed by atoms with Crippen LogP contribution < -0.4 is 4.74 Å². The van der Waals surface area contributed by atoms with Gasteiger partial charge in [0.1, 0.15) is 16.8 Å². The quantitative estimate of drug-likeness (QED) is 0.254. The highest BCUT2D eigenvalue weighted by Crippen LogP contribution is 2.41. The lowest BCUT2D eigenvalue weighted by atomic mass is 10.0. The van der Waals surface area contributed by atoms with Crippen molar-refractivity contribution in [2.75, 3.05) is 21.3 Å². The monoisotopic (exact) mass is 520 g/mol. The third-order valence-electron chi connectivity index (χ3n) is 4.62. The van der Waals surface area contributed by atoms with E-state index in [1.54, 1.807) is 24.3 Å². The van der Waals surface area contributed by atoms with Crippen LogP contribution in [0.1, 0.15) is 30.0 Å². The van der Waals surface area contributed by atoms with Gasteiger partial charge in [-0.05, 0) is 33.5 Å². The highest BCUT2D eigenvalue weighted by Gasteiger charge is 2.41. The standard InChI is InChI=1S/C21H24BrF3N2O5/c1-5-14(30-3)10-27-18(22)17(21(23,24)25)19(26-27)32-11-13-8-6-7-9-15(13)16(12-29-2)20(28)31-4/h6-9,12,14H,5,10-11H2,1-4H3/b16-12+. The normalized spacial score (nSPS) is 13.1. The summed E-state index contributed by atoms with van der Waals surface area (Å²) in [5, 5.41) is 4.01. The zero-order valence-corrected chi connectivity index (χ0v) is 19.6. The Kier molecular flexibility index (Phi) is 9.14. The minimum Gasteiger partial charge on any atom is -0.503 e. The van der Waals surface area contributed by atoms with Crippen molar-refractivity contribution in [3.05, 3.63) is 51.8 Å². The van der Waals surface area contributed by atoms with Crippen molar-refractivity contribution in [1.82, 2.24) is 9.78 Å². The zero-order valence-electron chi connectivity index (χ0n) is 18.0. The van der Waals surface area contributed by atoms with E-state index in [9.17, 15) is 18.0 Å². The number of ether oxygens (including phenoxy) is 4. The van der Waals surface area contributed by atoms with Crippen LogP contribution in [0.4, 0.5) is 13.2 Å². The first-order chi connectivity index (χ1) is 15.2. The Hall–Kier alpha value is -2.53. The Morgan fingerprint density at radius 2 is 1.94 bits per heavy atom. The lowest BCUT2D eigenvalue weighted by Gasteiger charge is -2.13. The highest BCUT2D eigenvalue weighted by atomic mass is 79.9. The van der Waals surface area contributed by atoms with Gasteiger partial charge in [-0.1, -0.05) is 31.2 Å². The number of nitrogens with zero attached hydrogens (tertiary/aromatic N) is 2. The van der Waals surface area contributed by atoms with Crippen molar-refractivity contribution in [3.8, 4) is 5.88 Å². The second kappa shape index (κ2) is 11.4. The molecule has 0 radical (unpaired) electrons. The molecular formula is C21H24BrF3N2O5. The molecule has 7 nitrogen and oxygen atoms in total. The van der Waals surface area contributed by atoms with Crippen LogP contribution in [0.15, 0.2) is 35.1 Å². The van der Waals surface area contributed by atoms with Gasteiger partial charge in [0.15, 0.2) is 5.56 Å². The van der Waals surface area contributed by atoms with E-state index < -0.39 is 23.6 Å². The predicted molar refractivity (Wildman–Crippen MR) is 114 cm³/mol. The molecule has 32 heavy (non-hydrogen) atoms. The maximum absolute atomic E-state index is 13.7. The van der Waals surface area contributed by atoms with Gasteiger partial charge in [-0.15, -0.1) is 5.10 Å². The van der Waals surface area contributed by atoms with Crippen LogP contribution in [0.5, 0.6) is 5.88 Å². The van der Waals surface area contributed by atoms with Gasteiger partial charge in [0.05, 0.1) is 33.1 Å². The molecule has 0 aliphatic rings. The smallest absolute Gasteiger partial charge is 0.424 e. The molecule has 1 aromatic heterocycles. The third kappa shape index (κ3) is 6.04. The summed E-state index contributed by atoms with van der Waals surface area (Å²) in [5.74, 6) is -1.24. The van der Waals surface area contributed by atoms with E-state index in [4.69, 9.17) is 18.9 Å². The van der Waals surface area contributed by atoms with Crippen LogP contribution in [0, 0.1) is 0 Å². The number of benzene rings is 1. The average molecular weight is 521 g/mol. The van der Waals surface area contributed by atoms with Crippen molar-refractivity contribution in [3.63, 3.8) is 0 Å². The van der Waals surface area contributed by atoms with Crippen molar-refractivity contribution in [1.29, 1.82) is 0 Å². The Bertz CT molecular complexity index is 955. The SMILES string of the molecule is CCC(Cn1nc(OCc2ccccc2/C(=C\OC)C(=O)OC)c(C(F)(F)F)c1Br)OC. The third-order valence-corrected chi connectivity index (χ3v) is 5.43. The summed E-state index contributed by atoms with van der Waals surface area (Å²) in [5.41, 5.74) is -0.0774. The van der Waals surface area contributed by atoms with Gasteiger partial charge in [-0.3, -0.25) is 4.68 Å². The summed E-state index contributed by atoms with van der Waals surface area (Å²) in [4.78, 5) is 12.1. The summed E-state index contributed by atoms with van der Waals surface area (Å²) in [7, 11) is 4.07. The highest BCUT2D eigenvalue weighted by molar-refractivity contribution is 9.10. The predicted octanol–water partition coefficient (Wildman–Crippen LogP) is 4.83. The Morgan fingerprint density at radius 3 is 2.50 bits per heavy atom. The van der Waals surface area contributed by atoms with Crippen LogP contribution in [0.25, 0.3) is 5.57 Å². The first-order valence-electron chi connectivity index (χ1n) is 9.56. The minimum absolute atomic E-state index is 0.0998. The van der Waals surface area contributed by atoms with Crippen LogP contribution in [0.3, 0.4) is 0 Å². The molecule has 2 rings (SSSR count). The minimum atomic E-state index is -4.70. The molecule has 176 valence electrons. The number of esters is 1. The lowest BCUT2D eigenvalue weighted by molar-refractivity contribution is -0.139. The molecule has 0 saturated heterocycles. The summed E-state index contributed by atoms with van der Waals surface area (Å²) in [6, 6.07) is 6.59. The van der Waals surface area contributed by atoms with E-state index in [0.29, 0.717) is 17.5 Å². The summed E-state index contributed by atoms with van der Waals surface area (Å²) in [6.07, 6.45) is -3.22. The summed E-state index contributed by atoms with van der Waals surface area (Å²) >= 11 is 3.00. The molecule has 1 heterocycles. The van der Waals surface area contributed by atoms with Crippen LogP contribution in [-0.4, -0.2) is 43.2 Å². The molecule has 0 amide bonds. The molecular weight excluding hydrogens is 497 g/mol. The first kappa shape index (κ1) is 25.7. The number of carbonyl (C=O) groups is 1. The van der Waals surface area contributed by atoms with Crippen molar-refractivity contribution < 1.29 is 36.9 Å². The number of methoxy groups -OCH3 is 3. The second-order valence-electron chi connectivity index (χ2n) is 6.62. The van der Waals surface area contributed by atoms with Crippen molar-refractivity contribution in [2.45, 2.75) is 38.8 Å². The van der Waals surface area contributed by atoms with E-state index in [0.717, 1.165) is 4.68 Å². The fourth-order valence-corrected chi connectivity index (χ4v) is 3.57. The fourth-order valence-electron chi connectivity index (χ4n) is 2.95. The first-order valence-corrected chi connectivity index (χ1v) is 10.4. The Balaban J connectivity index is 2.41. The maximum Gasteiger partial charge on any atom is 0.424 e. The van der Waals surface area contributed by atoms with Gasteiger partial charge in [0.25, 0.3) is 0 Å². The van der Waals surface area contributed by atoms with Gasteiger partial charge < -0.3 is 18.9 Å². The summed E-state index contributed by atoms with van der Waals surface area (Å²) < 4.78 is 62.6. The fraction of sp³-hybridized carbons (Fsp3) is 0.429. The number of carbonyl (C=O) groups excluding carboxylic acids is 1. The largest absolute Gasteiger partial charge is 0.503 e. The van der Waals surface area contributed by atoms with Gasteiger partial charge in [-0.25, -0.2) is 4.79 Å². The van der Waals surface area contributed by atoms with E-state index in [-0.39, 0.29) is 29.4 Å². The van der Waals surface area contributed by atoms with Gasteiger partial charge in [0, 0.05) is 7.11 Å². The number of alkyl halides is 3. The van der Waals surface area contributed by atoms with E-state index in [1.807, 2.05) is 6.92 Å². The molecule has 0 fully saturated rings. The number of aromatic nitrogens is 2. The summed E-state index contributed by atoms with van der Waals surface area (Å²) in [6.45, 7) is 1.69. The Labute approximate surface area is 192 Å². The van der Waals surface area contributed by atoms with Crippen molar-refractivity contribution >= 4 is 27.5 Å². The number of halogens is 4. The van der Waals surface area contributed by atoms with Gasteiger partial charge in [0.2, 0.25) is 5.88 Å². The molecule has 2 aromatic rings. The van der Waals surface area contributed by atoms with E-state index in [2.05, 4.69) is 21.0 Å². The molecule has 0 aliphatic heterocycles. The molecule has 1 aromatic carbocycles. The topological polar surface area (TPSA) is 71.8 Å². The van der Waals surface area contributed by atoms with E-state index in [1.165, 1.54) is 27.6 Å². The molecule has 0 N–H and O–H groups in total. The van der Waals surface area contributed by atoms with Crippen LogP contribution in [-0.2, 0) is 38.3 Å². The molecule has 0 saturated carbocycles. The number of rotatable bonds is 10. The molecule has 1 unspecified atom stereocenters. The van der Waals surface area contributed by atoms with Crippen LogP contribution >= 0.6 is 15.9 Å². The molecule has 1 atom stereocenters. The molecule has 0 aliphatic carbocycles. The Morgan fingerprint density at radius 1 is 1.25 bits per heavy atom. The average Bonchev–Trinajstić information content (AvgIpc) is 3.09. The maximum atomic E-state index is 13.7. The van der Waals surface area contributed by atoms with Crippen molar-refractivity contribution in [2.24, 2.45) is 0 Å². The molecule has 11 heteroatoms. The molecule has 0 bridgehead atoms. The van der Waals surface area contributed by atoms with Gasteiger partial charge in [-0.2, -0.15) is 13.2 Å². The second-order valence-corrected chi connectivity index (χ2v) is 7.37. The van der Waals surface area contributed by atoms with Crippen LogP contribution in [0.2, 0.25) is 0 Å². The number of hydrogen-bond acceptors (Lipinski definition) is 6.